The molecule has 0 aromatic heterocycles. The monoisotopic (exact) mass is 308 g/mol. The van der Waals surface area contributed by atoms with Gasteiger partial charge in [-0.05, 0) is 75.0 Å². The lowest BCUT2D eigenvalue weighted by atomic mass is 9.49. The summed E-state index contributed by atoms with van der Waals surface area (Å²) in [6, 6.07) is 0. The number of carboxylic acid groups (broad SMARTS) is 1. The van der Waals surface area contributed by atoms with Gasteiger partial charge in [0.15, 0.2) is 0 Å². The fraction of sp³-hybridized carbons (Fsp3) is 0.889. The van der Waals surface area contributed by atoms with Gasteiger partial charge in [-0.1, -0.05) is 6.92 Å². The summed E-state index contributed by atoms with van der Waals surface area (Å²) in [5.74, 6) is 0.0268. The molecular formula is C18H28O4. The third-order valence-corrected chi connectivity index (χ3v) is 7.56. The second-order valence-corrected chi connectivity index (χ2v) is 8.32. The molecule has 0 spiro atoms. The fourth-order valence-electron chi connectivity index (χ4n) is 6.28. The van der Waals surface area contributed by atoms with E-state index >= 15 is 0 Å². The molecule has 0 radical (unpaired) electrons. The molecule has 0 aromatic rings. The summed E-state index contributed by atoms with van der Waals surface area (Å²) in [5.41, 5.74) is -1.09. The van der Waals surface area contributed by atoms with E-state index in [4.69, 9.17) is 0 Å². The van der Waals surface area contributed by atoms with E-state index in [1.807, 2.05) is 6.92 Å². The number of hydrogen-bond acceptors (Lipinski definition) is 3. The maximum absolute atomic E-state index is 12.3. The highest BCUT2D eigenvalue weighted by Crippen LogP contribution is 2.64. The maximum Gasteiger partial charge on any atom is 0.317 e. The summed E-state index contributed by atoms with van der Waals surface area (Å²) in [6.07, 6.45) is 4.76. The molecule has 4 heteroatoms. The van der Waals surface area contributed by atoms with E-state index in [1.165, 1.54) is 0 Å². The van der Waals surface area contributed by atoms with E-state index in [0.717, 1.165) is 32.1 Å². The lowest BCUT2D eigenvalue weighted by molar-refractivity contribution is -0.169. The lowest BCUT2D eigenvalue weighted by Crippen LogP contribution is -2.55. The van der Waals surface area contributed by atoms with E-state index in [2.05, 4.69) is 6.92 Å². The zero-order chi connectivity index (χ0) is 16.3. The molecule has 0 heterocycles. The number of Topliss-reactive ketones (excluding diaryl/α,β-unsaturated/α-hetero) is 1. The molecule has 2 N–H and O–H groups in total. The average Bonchev–Trinajstić information content (AvgIpc) is 2.80. The molecule has 3 fully saturated rings. The van der Waals surface area contributed by atoms with Crippen molar-refractivity contribution in [3.63, 3.8) is 0 Å². The summed E-state index contributed by atoms with van der Waals surface area (Å²) in [5, 5.41) is 19.8. The molecule has 0 saturated heterocycles. The van der Waals surface area contributed by atoms with Crippen LogP contribution in [0.4, 0.5) is 0 Å². The first-order valence-corrected chi connectivity index (χ1v) is 8.67. The number of aliphatic carboxylic acids is 1. The molecule has 1 unspecified atom stereocenters. The summed E-state index contributed by atoms with van der Waals surface area (Å²) >= 11 is 0. The van der Waals surface area contributed by atoms with Gasteiger partial charge in [0.2, 0.25) is 0 Å². The van der Waals surface area contributed by atoms with E-state index < -0.39 is 11.4 Å². The topological polar surface area (TPSA) is 74.6 Å². The predicted octanol–water partition coefficient (Wildman–Crippen LogP) is 2.88. The first-order chi connectivity index (χ1) is 10.2. The van der Waals surface area contributed by atoms with Gasteiger partial charge in [-0.3, -0.25) is 9.59 Å². The maximum atomic E-state index is 12.3. The Hall–Kier alpha value is -0.900. The van der Waals surface area contributed by atoms with Crippen LogP contribution >= 0.6 is 0 Å². The Balaban J connectivity index is 1.94. The summed E-state index contributed by atoms with van der Waals surface area (Å²) in [4.78, 5) is 24.2. The summed E-state index contributed by atoms with van der Waals surface area (Å²) in [6.45, 7) is 5.82. The lowest BCUT2D eigenvalue weighted by Gasteiger charge is -2.54. The highest BCUT2D eigenvalue weighted by molar-refractivity contribution is 6.03. The molecule has 7 atom stereocenters. The molecule has 3 aliphatic rings. The predicted molar refractivity (Wildman–Crippen MR) is 82.2 cm³/mol. The highest BCUT2D eigenvalue weighted by Gasteiger charge is 2.62. The van der Waals surface area contributed by atoms with Gasteiger partial charge in [0, 0.05) is 6.42 Å². The normalized spacial score (nSPS) is 49.4. The molecular weight excluding hydrogens is 280 g/mol. The van der Waals surface area contributed by atoms with Crippen molar-refractivity contribution in [1.29, 1.82) is 0 Å². The number of aliphatic hydroxyl groups excluding tert-OH is 1. The van der Waals surface area contributed by atoms with E-state index in [0.29, 0.717) is 24.2 Å². The zero-order valence-electron chi connectivity index (χ0n) is 13.8. The van der Waals surface area contributed by atoms with Crippen molar-refractivity contribution in [2.24, 2.45) is 34.5 Å². The number of carbonyl (C=O) groups excluding carboxylic acids is 1. The van der Waals surface area contributed by atoms with Crippen molar-refractivity contribution >= 4 is 11.8 Å². The minimum absolute atomic E-state index is 0.0305. The molecule has 22 heavy (non-hydrogen) atoms. The number of carbonyl (C=O) groups is 2. The molecule has 0 bridgehead atoms. The molecule has 3 saturated carbocycles. The van der Waals surface area contributed by atoms with Crippen molar-refractivity contribution in [1.82, 2.24) is 0 Å². The van der Waals surface area contributed by atoms with Gasteiger partial charge in [0.05, 0.1) is 6.10 Å². The number of carboxylic acids is 1. The van der Waals surface area contributed by atoms with Crippen molar-refractivity contribution in [3.05, 3.63) is 0 Å². The van der Waals surface area contributed by atoms with E-state index in [9.17, 15) is 19.8 Å². The van der Waals surface area contributed by atoms with Gasteiger partial charge >= 0.3 is 5.97 Å². The zero-order valence-corrected chi connectivity index (χ0v) is 13.8. The Labute approximate surface area is 132 Å². The van der Waals surface area contributed by atoms with Crippen LogP contribution in [0.25, 0.3) is 0 Å². The molecule has 3 rings (SSSR count). The Kier molecular flexibility index (Phi) is 3.67. The molecule has 0 aromatic carbocycles. The van der Waals surface area contributed by atoms with E-state index in [-0.39, 0.29) is 23.2 Å². The Morgan fingerprint density at radius 2 is 1.86 bits per heavy atom. The molecule has 3 aliphatic carbocycles. The molecule has 0 amide bonds. The fourth-order valence-corrected chi connectivity index (χ4v) is 6.28. The molecule has 4 nitrogen and oxygen atoms in total. The Morgan fingerprint density at radius 1 is 1.18 bits per heavy atom. The first kappa shape index (κ1) is 16.0. The van der Waals surface area contributed by atoms with Crippen LogP contribution in [0.15, 0.2) is 0 Å². The third-order valence-electron chi connectivity index (χ3n) is 7.56. The van der Waals surface area contributed by atoms with Crippen LogP contribution in [0.5, 0.6) is 0 Å². The molecule has 124 valence electrons. The molecule has 0 aliphatic heterocycles. The van der Waals surface area contributed by atoms with Crippen LogP contribution in [0.2, 0.25) is 0 Å². The van der Waals surface area contributed by atoms with Gasteiger partial charge < -0.3 is 10.2 Å². The average molecular weight is 308 g/mol. The SMILES string of the molecule is CC(O)[C@H]1CC[C@H]2[C@@H]3CCC(=O)[C@](C)(C(=O)O)[C@H]3CC[C@]12C. The van der Waals surface area contributed by atoms with Gasteiger partial charge in [-0.25, -0.2) is 0 Å². The van der Waals surface area contributed by atoms with Gasteiger partial charge in [-0.2, -0.15) is 0 Å². The van der Waals surface area contributed by atoms with Crippen LogP contribution in [-0.2, 0) is 9.59 Å². The van der Waals surface area contributed by atoms with Gasteiger partial charge in [0.1, 0.15) is 11.2 Å². The van der Waals surface area contributed by atoms with Crippen LogP contribution in [0.3, 0.4) is 0 Å². The highest BCUT2D eigenvalue weighted by atomic mass is 16.4. The number of rotatable bonds is 2. The van der Waals surface area contributed by atoms with Crippen molar-refractivity contribution in [2.75, 3.05) is 0 Å². The second-order valence-electron chi connectivity index (χ2n) is 8.32. The Bertz CT molecular complexity index is 499. The number of ketones is 1. The smallest absolute Gasteiger partial charge is 0.317 e. The van der Waals surface area contributed by atoms with Crippen LogP contribution in [-0.4, -0.2) is 28.1 Å². The minimum atomic E-state index is -1.20. The number of hydrogen-bond donors (Lipinski definition) is 2. The largest absolute Gasteiger partial charge is 0.480 e. The first-order valence-electron chi connectivity index (χ1n) is 8.67. The minimum Gasteiger partial charge on any atom is -0.480 e. The quantitative estimate of drug-likeness (QED) is 0.769. The summed E-state index contributed by atoms with van der Waals surface area (Å²) in [7, 11) is 0. The third kappa shape index (κ3) is 1.92. The van der Waals surface area contributed by atoms with Gasteiger partial charge in [-0.15, -0.1) is 0 Å². The van der Waals surface area contributed by atoms with Crippen molar-refractivity contribution in [2.45, 2.75) is 65.4 Å². The van der Waals surface area contributed by atoms with Gasteiger partial charge in [0.25, 0.3) is 0 Å². The summed E-state index contributed by atoms with van der Waals surface area (Å²) < 4.78 is 0. The van der Waals surface area contributed by atoms with Crippen molar-refractivity contribution in [3.8, 4) is 0 Å². The van der Waals surface area contributed by atoms with Crippen LogP contribution in [0, 0.1) is 34.5 Å². The van der Waals surface area contributed by atoms with Crippen LogP contribution in [0.1, 0.15) is 59.3 Å². The van der Waals surface area contributed by atoms with E-state index in [1.54, 1.807) is 6.92 Å². The van der Waals surface area contributed by atoms with Crippen LogP contribution < -0.4 is 0 Å². The number of aliphatic hydroxyl groups is 1. The second kappa shape index (κ2) is 5.05. The van der Waals surface area contributed by atoms with Crippen molar-refractivity contribution < 1.29 is 19.8 Å². The standard InChI is InChI=1S/C18H28O4/c1-10(19)12-5-6-13-11-4-7-15(20)18(3,16(21)22)14(11)8-9-17(12,13)2/h10-14,19H,4-9H2,1-3H3,(H,21,22)/t10?,11-,12+,13-,14-,17+,18+/m0/s1. The number of fused-ring (bicyclic) bond motifs is 3. The Morgan fingerprint density at radius 3 is 2.45 bits per heavy atom.